The van der Waals surface area contributed by atoms with Crippen molar-refractivity contribution in [1.82, 2.24) is 42.5 Å². The van der Waals surface area contributed by atoms with Crippen molar-refractivity contribution in [2.24, 2.45) is 22.9 Å². The van der Waals surface area contributed by atoms with E-state index in [1.807, 2.05) is 0 Å². The first kappa shape index (κ1) is 101. The van der Waals surface area contributed by atoms with Crippen LogP contribution in [0.5, 0.6) is 0 Å². The fraction of sp³-hybridized carbons (Fsp3) is 0.866. The first-order valence-corrected chi connectivity index (χ1v) is 36.8. The van der Waals surface area contributed by atoms with Gasteiger partial charge in [-0.15, -0.1) is 0 Å². The van der Waals surface area contributed by atoms with Crippen molar-refractivity contribution in [1.29, 1.82) is 0 Å². The molecule has 0 aliphatic carbocycles. The zero-order valence-electron chi connectivity index (χ0n) is 63.2. The number of hydrogen-bond acceptors (Lipinski definition) is 32. The molecule has 0 aromatic rings. The summed E-state index contributed by atoms with van der Waals surface area (Å²) in [7, 11) is 1.21. The first-order valence-electron chi connectivity index (χ1n) is 36.8. The molecule has 0 fully saturated rings. The lowest BCUT2D eigenvalue weighted by molar-refractivity contribution is -0.146. The summed E-state index contributed by atoms with van der Waals surface area (Å²) in [6.07, 6.45) is 3.85. The number of unbranched alkanes of at least 4 members (excludes halogenated alkanes) is 3. The van der Waals surface area contributed by atoms with E-state index in [0.717, 1.165) is 0 Å². The van der Waals surface area contributed by atoms with Crippen molar-refractivity contribution >= 4 is 53.2 Å². The molecule has 0 unspecified atom stereocenters. The van der Waals surface area contributed by atoms with Crippen molar-refractivity contribution in [2.75, 3.05) is 304 Å². The number of nitrogens with two attached hydrogens (primary N) is 4. The number of amides is 8. The zero-order chi connectivity index (χ0) is 78.2. The van der Waals surface area contributed by atoms with Gasteiger partial charge in [0.1, 0.15) is 57.8 Å². The summed E-state index contributed by atoms with van der Waals surface area (Å²) in [6, 6.07) is -2.69. The smallest absolute Gasteiger partial charge is 0.328 e. The Morgan fingerprint density at radius 1 is 0.234 bits per heavy atom. The van der Waals surface area contributed by atoms with E-state index in [2.05, 4.69) is 42.5 Å². The van der Waals surface area contributed by atoms with E-state index in [1.54, 1.807) is 0 Å². The number of methoxy groups -OCH3 is 1. The van der Waals surface area contributed by atoms with Crippen molar-refractivity contribution in [3.63, 3.8) is 0 Å². The lowest BCUT2D eigenvalue weighted by atomic mass is 10.1. The summed E-state index contributed by atoms with van der Waals surface area (Å²) in [5.74, 6) is -3.93. The highest BCUT2D eigenvalue weighted by Crippen LogP contribution is 2.06. The summed E-state index contributed by atoms with van der Waals surface area (Å²) in [4.78, 5) is 114. The summed E-state index contributed by atoms with van der Waals surface area (Å²) >= 11 is 0. The van der Waals surface area contributed by atoms with Gasteiger partial charge in [-0.05, 0) is 57.8 Å². The summed E-state index contributed by atoms with van der Waals surface area (Å²) < 4.78 is 102. The van der Waals surface area contributed by atoms with Gasteiger partial charge in [0.25, 0.3) is 0 Å². The number of rotatable bonds is 83. The Morgan fingerprint density at radius 3 is 0.682 bits per heavy atom. The van der Waals surface area contributed by atoms with Gasteiger partial charge in [0.05, 0.1) is 205 Å². The second-order valence-corrected chi connectivity index (χ2v) is 22.8. The molecule has 0 radical (unpaired) electrons. The monoisotopic (exact) mass is 1550 g/mol. The van der Waals surface area contributed by atoms with Gasteiger partial charge in [-0.1, -0.05) is 0 Å². The van der Waals surface area contributed by atoms with Crippen LogP contribution in [-0.2, 0) is 133 Å². The Hall–Kier alpha value is -5.65. The van der Waals surface area contributed by atoms with Gasteiger partial charge in [-0.25, -0.2) is 4.79 Å². The van der Waals surface area contributed by atoms with Gasteiger partial charge >= 0.3 is 5.97 Å². The molecule has 0 aliphatic heterocycles. The molecule has 0 spiro atoms. The summed E-state index contributed by atoms with van der Waals surface area (Å²) in [6.45, 7) is 10.0. The van der Waals surface area contributed by atoms with Crippen LogP contribution in [0.2, 0.25) is 0 Å². The van der Waals surface area contributed by atoms with Gasteiger partial charge in [0, 0.05) is 58.9 Å². The maximum atomic E-state index is 13.2. The van der Waals surface area contributed by atoms with E-state index in [-0.39, 0.29) is 189 Å². The highest BCUT2D eigenvalue weighted by Gasteiger charge is 2.24. The number of esters is 1. The SMILES string of the molecule is COC(=O)[C@H](CCCCNC(=O)COCCOCCOCCNC(=O)[C@H](CCCCNC(=O)COCCOCCOCCN)NC(=O)COCCOCCOCCN)NC(=O)COCCOCCOCCNC(=O)[C@H](CCCCNC(=O)COCCOCCOCCN)NC(=O)COCCOCCOCCN. The molecule has 0 saturated heterocycles. The standard InChI is InChI=1S/C67H130N12O28/c1-89-67(88)58(79-64(85)55-107-49-43-101-37-31-95-25-19-76-66(87)57(78-63(84)54-106-48-42-99-35-29-93-23-14-71)9-3-6-16-73-60(81)51-103-45-39-97-33-27-91-21-12-69)10-4-7-17-74-61(82)52-104-46-40-100-36-30-94-24-18-75-65(86)56(77-62(83)53-105-47-41-98-34-28-92-22-13-70)8-2-5-15-72-59(80)50-102-44-38-96-32-26-90-20-11-68/h56-58H,2-55,68-71H2,1H3,(H,72,80)(H,73,81)(H,74,82)(H,75,86)(H,76,87)(H,77,83)(H,78,84)(H,79,85)/t56-,57-,58-/m0/s1. The summed E-state index contributed by atoms with van der Waals surface area (Å²) in [5, 5.41) is 21.9. The van der Waals surface area contributed by atoms with Crippen LogP contribution in [-0.4, -0.2) is 375 Å². The van der Waals surface area contributed by atoms with Crippen LogP contribution in [0.3, 0.4) is 0 Å². The number of nitrogens with one attached hydrogen (secondary N) is 8. The highest BCUT2D eigenvalue weighted by molar-refractivity contribution is 5.89. The number of carbonyl (C=O) groups excluding carboxylic acids is 9. The molecule has 107 heavy (non-hydrogen) atoms. The molecule has 0 saturated carbocycles. The van der Waals surface area contributed by atoms with E-state index >= 15 is 0 Å². The molecule has 0 aliphatic rings. The quantitative estimate of drug-likeness (QED) is 0.0199. The summed E-state index contributed by atoms with van der Waals surface area (Å²) in [5.41, 5.74) is 21.5. The van der Waals surface area contributed by atoms with Gasteiger partial charge < -0.3 is 155 Å². The van der Waals surface area contributed by atoms with Crippen molar-refractivity contribution in [3.8, 4) is 0 Å². The normalized spacial score (nSPS) is 12.1. The maximum Gasteiger partial charge on any atom is 0.328 e. The molecule has 16 N–H and O–H groups in total. The Bertz CT molecular complexity index is 2170. The van der Waals surface area contributed by atoms with Crippen LogP contribution < -0.4 is 65.5 Å². The molecule has 0 aromatic heterocycles. The van der Waals surface area contributed by atoms with Gasteiger partial charge in [-0.3, -0.25) is 38.4 Å². The third-order valence-electron chi connectivity index (χ3n) is 13.9. The van der Waals surface area contributed by atoms with Crippen molar-refractivity contribution in [3.05, 3.63) is 0 Å². The minimum absolute atomic E-state index is 0.0701. The van der Waals surface area contributed by atoms with Gasteiger partial charge in [0.2, 0.25) is 47.3 Å². The number of hydrogen-bond donors (Lipinski definition) is 12. The average Bonchev–Trinajstić information content (AvgIpc) is 0.949. The molecule has 0 heterocycles. The third kappa shape index (κ3) is 71.7. The van der Waals surface area contributed by atoms with E-state index < -0.39 is 53.6 Å². The average molecular weight is 1550 g/mol. The molecule has 0 rings (SSSR count). The fourth-order valence-electron chi connectivity index (χ4n) is 8.59. The fourth-order valence-corrected chi connectivity index (χ4v) is 8.59. The Kier molecular flexibility index (Phi) is 75.7. The predicted molar refractivity (Wildman–Crippen MR) is 385 cm³/mol. The molecular weight excluding hydrogens is 1420 g/mol. The van der Waals surface area contributed by atoms with Crippen LogP contribution in [0.15, 0.2) is 0 Å². The van der Waals surface area contributed by atoms with Crippen LogP contribution in [0.25, 0.3) is 0 Å². The minimum Gasteiger partial charge on any atom is -0.467 e. The van der Waals surface area contributed by atoms with E-state index in [4.69, 9.17) is 113 Å². The van der Waals surface area contributed by atoms with Crippen LogP contribution in [0, 0.1) is 0 Å². The van der Waals surface area contributed by atoms with E-state index in [9.17, 15) is 43.2 Å². The second kappa shape index (κ2) is 79.9. The lowest BCUT2D eigenvalue weighted by Crippen LogP contribution is -2.48. The van der Waals surface area contributed by atoms with Gasteiger partial charge in [0.15, 0.2) is 0 Å². The first-order chi connectivity index (χ1) is 52.3. The largest absolute Gasteiger partial charge is 0.467 e. The molecular formula is C67H130N12O28. The van der Waals surface area contributed by atoms with Crippen LogP contribution in [0.4, 0.5) is 0 Å². The number of carbonyl (C=O) groups is 9. The Morgan fingerprint density at radius 2 is 0.439 bits per heavy atom. The molecule has 8 amide bonds. The third-order valence-corrected chi connectivity index (χ3v) is 13.9. The number of ether oxygens (including phenoxy) is 19. The topological polar surface area (TPSA) is 529 Å². The Labute approximate surface area is 629 Å². The maximum absolute atomic E-state index is 13.2. The lowest BCUT2D eigenvalue weighted by Gasteiger charge is -2.19. The van der Waals surface area contributed by atoms with Gasteiger partial charge in [-0.2, -0.15) is 0 Å². The second-order valence-electron chi connectivity index (χ2n) is 22.8. The highest BCUT2D eigenvalue weighted by atomic mass is 16.6. The van der Waals surface area contributed by atoms with Crippen LogP contribution in [0.1, 0.15) is 57.8 Å². The van der Waals surface area contributed by atoms with E-state index in [0.29, 0.717) is 183 Å². The molecule has 0 aromatic carbocycles. The van der Waals surface area contributed by atoms with Crippen molar-refractivity contribution in [2.45, 2.75) is 75.9 Å². The molecule has 40 nitrogen and oxygen atoms in total. The van der Waals surface area contributed by atoms with Crippen molar-refractivity contribution < 1.29 is 133 Å². The minimum atomic E-state index is -0.938. The predicted octanol–water partition coefficient (Wildman–Crippen LogP) is -6.16. The van der Waals surface area contributed by atoms with Crippen LogP contribution >= 0.6 is 0 Å². The molecule has 0 bridgehead atoms. The molecule has 40 heteroatoms. The Balaban J connectivity index is 4.46. The molecule has 3 atom stereocenters. The zero-order valence-corrected chi connectivity index (χ0v) is 63.2. The van der Waals surface area contributed by atoms with E-state index in [1.165, 1.54) is 7.11 Å². The molecule has 626 valence electrons.